The number of halogens is 1. The first-order valence-electron chi connectivity index (χ1n) is 11.3. The number of hydrogen-bond acceptors (Lipinski definition) is 6. The van der Waals surface area contributed by atoms with Gasteiger partial charge in [0.05, 0.1) is 22.3 Å². The fraction of sp³-hybridized carbons (Fsp3) is 0.192. The van der Waals surface area contributed by atoms with Crippen molar-refractivity contribution in [2.45, 2.75) is 32.6 Å². The summed E-state index contributed by atoms with van der Waals surface area (Å²) in [6.07, 6.45) is 3.83. The first-order valence-corrected chi connectivity index (χ1v) is 12.2. The van der Waals surface area contributed by atoms with E-state index in [0.717, 1.165) is 34.7 Å². The number of anilines is 1. The Bertz CT molecular complexity index is 1570. The van der Waals surface area contributed by atoms with Crippen LogP contribution in [-0.2, 0) is 0 Å². The molecule has 1 aliphatic rings. The predicted octanol–water partition coefficient (Wildman–Crippen LogP) is 5.82. The monoisotopic (exact) mass is 484 g/mol. The third-order valence-corrected chi connectivity index (χ3v) is 6.96. The molecule has 1 aliphatic carbocycles. The van der Waals surface area contributed by atoms with Gasteiger partial charge in [-0.15, -0.1) is 11.3 Å². The summed E-state index contributed by atoms with van der Waals surface area (Å²) < 4.78 is 15.0. The molecule has 7 nitrogen and oxygen atoms in total. The van der Waals surface area contributed by atoms with Crippen LogP contribution < -0.4 is 5.32 Å². The van der Waals surface area contributed by atoms with Crippen LogP contribution in [0.2, 0.25) is 0 Å². The van der Waals surface area contributed by atoms with Crippen molar-refractivity contribution in [1.29, 1.82) is 0 Å². The van der Waals surface area contributed by atoms with Crippen LogP contribution in [0.25, 0.3) is 28.1 Å². The number of fused-ring (bicyclic) bond motifs is 1. The largest absolute Gasteiger partial charge is 0.298 e. The Morgan fingerprint density at radius 2 is 1.91 bits per heavy atom. The van der Waals surface area contributed by atoms with Crippen molar-refractivity contribution in [3.63, 3.8) is 0 Å². The number of benzene rings is 1. The van der Waals surface area contributed by atoms with Crippen LogP contribution in [-0.4, -0.2) is 30.6 Å². The SMILES string of the molecule is Cc1sc(NC(=O)c2cc(C3CC3)nc3c2c(C)nn3-c2ccccn2)nc1-c1ccc(F)cc1. The number of carbonyl (C=O) groups excluding carboxylic acids is 1. The summed E-state index contributed by atoms with van der Waals surface area (Å²) in [4.78, 5) is 28.4. The second-order valence-corrected chi connectivity index (χ2v) is 9.84. The zero-order valence-electron chi connectivity index (χ0n) is 19.1. The van der Waals surface area contributed by atoms with E-state index in [4.69, 9.17) is 4.98 Å². The van der Waals surface area contributed by atoms with Gasteiger partial charge in [-0.2, -0.15) is 9.78 Å². The molecule has 0 aliphatic heterocycles. The molecule has 0 radical (unpaired) electrons. The number of aromatic nitrogens is 5. The fourth-order valence-electron chi connectivity index (χ4n) is 4.20. The van der Waals surface area contributed by atoms with E-state index in [1.807, 2.05) is 38.1 Å². The van der Waals surface area contributed by atoms with Crippen molar-refractivity contribution < 1.29 is 9.18 Å². The number of nitrogens with one attached hydrogen (secondary N) is 1. The number of carbonyl (C=O) groups is 1. The van der Waals surface area contributed by atoms with Crippen LogP contribution in [0.15, 0.2) is 54.7 Å². The zero-order valence-corrected chi connectivity index (χ0v) is 19.9. The summed E-state index contributed by atoms with van der Waals surface area (Å²) >= 11 is 1.39. The standard InChI is InChI=1S/C26H21FN6OS/c1-14-22-19(25(34)31-26-30-23(15(2)35-26)17-8-10-18(27)11-9-17)13-20(16-6-7-16)29-24(22)33(32-14)21-5-3-4-12-28-21/h3-5,8-13,16H,6-7H2,1-2H3,(H,30,31,34). The minimum absolute atomic E-state index is 0.262. The molecule has 174 valence electrons. The Hall–Kier alpha value is -3.98. The Morgan fingerprint density at radius 1 is 1.11 bits per heavy atom. The molecule has 4 heterocycles. The number of aryl methyl sites for hydroxylation is 2. The molecule has 9 heteroatoms. The van der Waals surface area contributed by atoms with Crippen LogP contribution in [0, 0.1) is 19.7 Å². The van der Waals surface area contributed by atoms with Crippen molar-refractivity contribution in [2.24, 2.45) is 0 Å². The van der Waals surface area contributed by atoms with Crippen molar-refractivity contribution in [1.82, 2.24) is 24.7 Å². The molecule has 1 aromatic carbocycles. The summed E-state index contributed by atoms with van der Waals surface area (Å²) in [5, 5.41) is 8.82. The molecular formula is C26H21FN6OS. The molecule has 4 aromatic heterocycles. The number of nitrogens with zero attached hydrogens (tertiary/aromatic N) is 5. The number of rotatable bonds is 5. The molecule has 6 rings (SSSR count). The maximum Gasteiger partial charge on any atom is 0.258 e. The van der Waals surface area contributed by atoms with Crippen LogP contribution in [0.4, 0.5) is 9.52 Å². The summed E-state index contributed by atoms with van der Waals surface area (Å²) in [7, 11) is 0. The van der Waals surface area contributed by atoms with Gasteiger partial charge < -0.3 is 0 Å². The average molecular weight is 485 g/mol. The molecule has 35 heavy (non-hydrogen) atoms. The molecule has 0 spiro atoms. The fourth-order valence-corrected chi connectivity index (χ4v) is 5.04. The first-order chi connectivity index (χ1) is 17.0. The smallest absolute Gasteiger partial charge is 0.258 e. The maximum atomic E-state index is 13.5. The molecule has 1 fully saturated rings. The number of amides is 1. The van der Waals surface area contributed by atoms with Gasteiger partial charge in [-0.1, -0.05) is 6.07 Å². The summed E-state index contributed by atoms with van der Waals surface area (Å²) in [5.41, 5.74) is 4.26. The third kappa shape index (κ3) is 3.97. The van der Waals surface area contributed by atoms with E-state index in [2.05, 4.69) is 20.4 Å². The van der Waals surface area contributed by atoms with E-state index in [1.54, 1.807) is 23.0 Å². The lowest BCUT2D eigenvalue weighted by molar-refractivity contribution is 0.102. The topological polar surface area (TPSA) is 85.6 Å². The van der Waals surface area contributed by atoms with Crippen LogP contribution >= 0.6 is 11.3 Å². The zero-order chi connectivity index (χ0) is 24.1. The molecule has 0 bridgehead atoms. The second-order valence-electron chi connectivity index (χ2n) is 8.64. The molecule has 0 atom stereocenters. The minimum Gasteiger partial charge on any atom is -0.298 e. The van der Waals surface area contributed by atoms with Crippen molar-refractivity contribution in [3.8, 4) is 17.1 Å². The second kappa shape index (κ2) is 8.35. The molecular weight excluding hydrogens is 463 g/mol. The predicted molar refractivity (Wildman–Crippen MR) is 134 cm³/mol. The summed E-state index contributed by atoms with van der Waals surface area (Å²) in [6.45, 7) is 3.81. The van der Waals surface area contributed by atoms with Crippen LogP contribution in [0.5, 0.6) is 0 Å². The number of thiazole rings is 1. The molecule has 5 aromatic rings. The third-order valence-electron chi connectivity index (χ3n) is 6.07. The van der Waals surface area contributed by atoms with Crippen molar-refractivity contribution >= 4 is 33.4 Å². The normalized spacial score (nSPS) is 13.3. The van der Waals surface area contributed by atoms with Crippen molar-refractivity contribution in [2.75, 3.05) is 5.32 Å². The molecule has 1 saturated carbocycles. The lowest BCUT2D eigenvalue weighted by atomic mass is 10.1. The summed E-state index contributed by atoms with van der Waals surface area (Å²) in [6, 6.07) is 13.7. The Labute approximate surface area is 204 Å². The lowest BCUT2D eigenvalue weighted by Crippen LogP contribution is -2.13. The van der Waals surface area contributed by atoms with Gasteiger partial charge in [0.2, 0.25) is 0 Å². The van der Waals surface area contributed by atoms with Gasteiger partial charge in [0.25, 0.3) is 5.91 Å². The molecule has 0 saturated heterocycles. The highest BCUT2D eigenvalue weighted by atomic mass is 32.1. The quantitative estimate of drug-likeness (QED) is 0.340. The highest BCUT2D eigenvalue weighted by Gasteiger charge is 2.29. The van der Waals surface area contributed by atoms with Crippen molar-refractivity contribution in [3.05, 3.63) is 82.4 Å². The van der Waals surface area contributed by atoms with E-state index in [0.29, 0.717) is 39.2 Å². The number of hydrogen-bond donors (Lipinski definition) is 1. The van der Waals surface area contributed by atoms with Gasteiger partial charge in [0.15, 0.2) is 16.6 Å². The maximum absolute atomic E-state index is 13.5. The van der Waals surface area contributed by atoms with Gasteiger partial charge in [-0.25, -0.2) is 19.3 Å². The molecule has 1 amide bonds. The van der Waals surface area contributed by atoms with Gasteiger partial charge in [-0.05, 0) is 69.2 Å². The van der Waals surface area contributed by atoms with E-state index >= 15 is 0 Å². The Morgan fingerprint density at radius 3 is 2.63 bits per heavy atom. The van der Waals surface area contributed by atoms with Crippen LogP contribution in [0.1, 0.15) is 45.4 Å². The van der Waals surface area contributed by atoms with E-state index in [1.165, 1.54) is 23.5 Å². The van der Waals surface area contributed by atoms with Gasteiger partial charge in [0.1, 0.15) is 5.82 Å². The van der Waals surface area contributed by atoms with Crippen LogP contribution in [0.3, 0.4) is 0 Å². The van der Waals surface area contributed by atoms with E-state index in [9.17, 15) is 9.18 Å². The molecule has 1 N–H and O–H groups in total. The first kappa shape index (κ1) is 21.5. The minimum atomic E-state index is -0.301. The average Bonchev–Trinajstić information content (AvgIpc) is 3.58. The highest BCUT2D eigenvalue weighted by molar-refractivity contribution is 7.16. The number of pyridine rings is 2. The Balaban J connectivity index is 1.41. The Kier molecular flexibility index (Phi) is 5.14. The summed E-state index contributed by atoms with van der Waals surface area (Å²) in [5.74, 6) is 0.440. The van der Waals surface area contributed by atoms with Gasteiger partial charge in [0, 0.05) is 28.2 Å². The van der Waals surface area contributed by atoms with Gasteiger partial charge >= 0.3 is 0 Å². The molecule has 0 unspecified atom stereocenters. The van der Waals surface area contributed by atoms with Gasteiger partial charge in [-0.3, -0.25) is 10.1 Å². The van der Waals surface area contributed by atoms with E-state index in [-0.39, 0.29) is 11.7 Å². The lowest BCUT2D eigenvalue weighted by Gasteiger charge is -2.08. The van der Waals surface area contributed by atoms with E-state index < -0.39 is 0 Å². The highest BCUT2D eigenvalue weighted by Crippen LogP contribution is 2.41.